The Hall–Kier alpha value is -3.73. The monoisotopic (exact) mass is 435 g/mol. The molecule has 2 atom stereocenters. The number of hydrogen-bond acceptors (Lipinski definition) is 3. The van der Waals surface area contributed by atoms with Crippen LogP contribution in [0.3, 0.4) is 0 Å². The van der Waals surface area contributed by atoms with E-state index in [4.69, 9.17) is 14.6 Å². The zero-order valence-electron chi connectivity index (χ0n) is 18.9. The fourth-order valence-corrected chi connectivity index (χ4v) is 5.81. The van der Waals surface area contributed by atoms with Crippen LogP contribution >= 0.6 is 0 Å². The summed E-state index contributed by atoms with van der Waals surface area (Å²) in [5, 5.41) is 7.31. The van der Waals surface area contributed by atoms with E-state index in [1.807, 2.05) is 22.9 Å². The van der Waals surface area contributed by atoms with Gasteiger partial charge in [-0.3, -0.25) is 0 Å². The number of para-hydroxylation sites is 2. The summed E-state index contributed by atoms with van der Waals surface area (Å²) in [6.07, 6.45) is 0. The van der Waals surface area contributed by atoms with E-state index < -0.39 is 5.60 Å². The molecule has 5 heteroatoms. The third kappa shape index (κ3) is 2.50. The van der Waals surface area contributed by atoms with Gasteiger partial charge in [-0.05, 0) is 45.0 Å². The first-order valence-corrected chi connectivity index (χ1v) is 11.5. The van der Waals surface area contributed by atoms with E-state index in [1.165, 1.54) is 21.9 Å². The minimum Gasteiger partial charge on any atom is -0.492 e. The van der Waals surface area contributed by atoms with Crippen molar-refractivity contribution < 1.29 is 9.47 Å². The fourth-order valence-electron chi connectivity index (χ4n) is 5.81. The number of hydrogen-bond donors (Lipinski definition) is 1. The molecule has 33 heavy (non-hydrogen) atoms. The second-order valence-electron chi connectivity index (χ2n) is 9.73. The Bertz CT molecular complexity index is 1540. The Morgan fingerprint density at radius 1 is 0.970 bits per heavy atom. The molecule has 5 aromatic rings. The maximum Gasteiger partial charge on any atom is 0.221 e. The molecule has 0 radical (unpaired) electrons. The molecular formula is C28H25N3O2. The minimum absolute atomic E-state index is 0.156. The van der Waals surface area contributed by atoms with Crippen LogP contribution in [0.1, 0.15) is 36.6 Å². The van der Waals surface area contributed by atoms with E-state index in [0.29, 0.717) is 6.61 Å². The minimum atomic E-state index is -0.399. The standard InChI is InChI=1S/C28H25N3O2/c1-16-23-24-19-13-14-22-25(18-11-7-8-12-21(18)29-22)26(19)32-15-20(24)28(2,3)33-27(23)31(30-16)17-9-5-4-6-10-17/h4-14,20,24,29H,15H2,1-3H3. The van der Waals surface area contributed by atoms with Gasteiger partial charge in [-0.2, -0.15) is 5.10 Å². The highest BCUT2D eigenvalue weighted by Crippen LogP contribution is 2.55. The molecule has 2 aliphatic rings. The van der Waals surface area contributed by atoms with Crippen molar-refractivity contribution in [2.45, 2.75) is 32.3 Å². The van der Waals surface area contributed by atoms with Crippen LogP contribution in [0.4, 0.5) is 0 Å². The molecule has 0 saturated carbocycles. The Balaban J connectivity index is 1.51. The van der Waals surface area contributed by atoms with Gasteiger partial charge >= 0.3 is 0 Å². The van der Waals surface area contributed by atoms with Crippen molar-refractivity contribution in [3.05, 3.63) is 83.6 Å². The topological polar surface area (TPSA) is 52.1 Å². The van der Waals surface area contributed by atoms with Crippen LogP contribution in [0.5, 0.6) is 11.6 Å². The average Bonchev–Trinajstić information content (AvgIpc) is 3.36. The number of ether oxygens (including phenoxy) is 2. The fraction of sp³-hybridized carbons (Fsp3) is 0.250. The highest BCUT2D eigenvalue weighted by molar-refractivity contribution is 6.11. The molecule has 2 aliphatic heterocycles. The molecule has 3 aromatic carbocycles. The molecule has 0 aliphatic carbocycles. The normalized spacial score (nSPS) is 20.6. The predicted molar refractivity (Wildman–Crippen MR) is 130 cm³/mol. The van der Waals surface area contributed by atoms with Gasteiger partial charge in [-0.15, -0.1) is 0 Å². The molecule has 0 fully saturated rings. The molecule has 0 spiro atoms. The van der Waals surface area contributed by atoms with Crippen LogP contribution in [0.15, 0.2) is 66.7 Å². The smallest absolute Gasteiger partial charge is 0.221 e. The summed E-state index contributed by atoms with van der Waals surface area (Å²) in [7, 11) is 0. The molecular weight excluding hydrogens is 410 g/mol. The Morgan fingerprint density at radius 2 is 1.76 bits per heavy atom. The second kappa shape index (κ2) is 6.41. The lowest BCUT2D eigenvalue weighted by molar-refractivity contribution is -0.0181. The van der Waals surface area contributed by atoms with E-state index in [2.05, 4.69) is 74.3 Å². The van der Waals surface area contributed by atoms with Crippen LogP contribution in [0.25, 0.3) is 27.5 Å². The van der Waals surface area contributed by atoms with Gasteiger partial charge < -0.3 is 14.5 Å². The van der Waals surface area contributed by atoms with Gasteiger partial charge in [0.15, 0.2) is 0 Å². The average molecular weight is 436 g/mol. The number of H-pyrrole nitrogens is 1. The van der Waals surface area contributed by atoms with Crippen molar-refractivity contribution in [2.75, 3.05) is 6.61 Å². The molecule has 0 amide bonds. The first kappa shape index (κ1) is 18.8. The highest BCUT2D eigenvalue weighted by Gasteiger charge is 2.50. The number of aromatic amines is 1. The summed E-state index contributed by atoms with van der Waals surface area (Å²) >= 11 is 0. The number of aryl methyl sites for hydroxylation is 1. The van der Waals surface area contributed by atoms with Crippen LogP contribution in [0.2, 0.25) is 0 Å². The first-order valence-electron chi connectivity index (χ1n) is 11.5. The number of rotatable bonds is 1. The Labute approximate surface area is 191 Å². The van der Waals surface area contributed by atoms with Crippen molar-refractivity contribution in [3.63, 3.8) is 0 Å². The molecule has 4 heterocycles. The van der Waals surface area contributed by atoms with E-state index in [1.54, 1.807) is 0 Å². The van der Waals surface area contributed by atoms with Crippen molar-refractivity contribution in [3.8, 4) is 17.3 Å². The number of fused-ring (bicyclic) bond motifs is 9. The van der Waals surface area contributed by atoms with Gasteiger partial charge in [0.05, 0.1) is 23.5 Å². The lowest BCUT2D eigenvalue weighted by atomic mass is 9.70. The lowest BCUT2D eigenvalue weighted by Gasteiger charge is -2.46. The molecule has 7 rings (SSSR count). The Morgan fingerprint density at radius 3 is 2.61 bits per heavy atom. The number of nitrogens with one attached hydrogen (secondary N) is 1. The van der Waals surface area contributed by atoms with Gasteiger partial charge in [-0.1, -0.05) is 42.5 Å². The van der Waals surface area contributed by atoms with E-state index in [0.717, 1.165) is 34.0 Å². The summed E-state index contributed by atoms with van der Waals surface area (Å²) in [5.41, 5.74) is 6.25. The largest absolute Gasteiger partial charge is 0.492 e. The third-order valence-electron chi connectivity index (χ3n) is 7.43. The van der Waals surface area contributed by atoms with E-state index in [-0.39, 0.29) is 11.8 Å². The Kier molecular flexibility index (Phi) is 3.65. The van der Waals surface area contributed by atoms with Gasteiger partial charge in [-0.25, -0.2) is 4.68 Å². The number of aromatic nitrogens is 3. The third-order valence-corrected chi connectivity index (χ3v) is 7.43. The maximum atomic E-state index is 6.67. The molecule has 164 valence electrons. The molecule has 5 nitrogen and oxygen atoms in total. The van der Waals surface area contributed by atoms with Gasteiger partial charge in [0, 0.05) is 39.3 Å². The zero-order valence-corrected chi connectivity index (χ0v) is 18.9. The van der Waals surface area contributed by atoms with Crippen molar-refractivity contribution in [1.82, 2.24) is 14.8 Å². The molecule has 2 aromatic heterocycles. The lowest BCUT2D eigenvalue weighted by Crippen LogP contribution is -2.49. The summed E-state index contributed by atoms with van der Waals surface area (Å²) in [5.74, 6) is 2.17. The summed E-state index contributed by atoms with van der Waals surface area (Å²) in [4.78, 5) is 3.55. The van der Waals surface area contributed by atoms with Crippen molar-refractivity contribution in [1.29, 1.82) is 0 Å². The van der Waals surface area contributed by atoms with Gasteiger partial charge in [0.25, 0.3) is 0 Å². The first-order chi connectivity index (χ1) is 16.0. The zero-order chi connectivity index (χ0) is 22.3. The summed E-state index contributed by atoms with van der Waals surface area (Å²) in [6, 6.07) is 23.1. The quantitative estimate of drug-likeness (QED) is 0.345. The van der Waals surface area contributed by atoms with Crippen molar-refractivity contribution in [2.24, 2.45) is 5.92 Å². The SMILES string of the molecule is Cc1nn(-c2ccccc2)c2c1C1c3ccc4[nH]c5ccccc5c4c3OCC1C(C)(C)O2. The van der Waals surface area contributed by atoms with Crippen molar-refractivity contribution >= 4 is 21.8 Å². The number of benzene rings is 3. The second-order valence-corrected chi connectivity index (χ2v) is 9.73. The molecule has 0 saturated heterocycles. The molecule has 0 bridgehead atoms. The van der Waals surface area contributed by atoms with Gasteiger partial charge in [0.2, 0.25) is 5.88 Å². The van der Waals surface area contributed by atoms with Crippen LogP contribution in [-0.2, 0) is 0 Å². The summed E-state index contributed by atoms with van der Waals surface area (Å²) < 4.78 is 15.2. The van der Waals surface area contributed by atoms with E-state index >= 15 is 0 Å². The van der Waals surface area contributed by atoms with Crippen LogP contribution in [-0.4, -0.2) is 27.0 Å². The predicted octanol–water partition coefficient (Wildman–Crippen LogP) is 6.13. The molecule has 1 N–H and O–H groups in total. The van der Waals surface area contributed by atoms with Crippen LogP contribution in [0, 0.1) is 12.8 Å². The van der Waals surface area contributed by atoms with Crippen LogP contribution < -0.4 is 9.47 Å². The summed E-state index contributed by atoms with van der Waals surface area (Å²) in [6.45, 7) is 7.04. The van der Waals surface area contributed by atoms with Gasteiger partial charge in [0.1, 0.15) is 11.4 Å². The highest BCUT2D eigenvalue weighted by atomic mass is 16.5. The molecule has 2 unspecified atom stereocenters. The maximum absolute atomic E-state index is 6.67. The number of nitrogens with zero attached hydrogens (tertiary/aromatic N) is 2. The van der Waals surface area contributed by atoms with E-state index in [9.17, 15) is 0 Å².